The molecule has 2 amide bonds. The fraction of sp³-hybridized carbons (Fsp3) is 0.200. The topological polar surface area (TPSA) is 103 Å². The van der Waals surface area contributed by atoms with E-state index in [4.69, 9.17) is 15.2 Å². The SMILES string of the molecule is CNC(=O)Oc1cccc(OC(=O)NC)c1N.Cl. The Morgan fingerprint density at radius 1 is 1.06 bits per heavy atom. The third kappa shape index (κ3) is 4.02. The van der Waals surface area contributed by atoms with Crippen LogP contribution in [0.4, 0.5) is 15.3 Å². The highest BCUT2D eigenvalue weighted by Crippen LogP contribution is 2.31. The molecule has 0 heterocycles. The van der Waals surface area contributed by atoms with E-state index in [2.05, 4.69) is 10.6 Å². The summed E-state index contributed by atoms with van der Waals surface area (Å²) >= 11 is 0. The summed E-state index contributed by atoms with van der Waals surface area (Å²) in [6.07, 6.45) is -1.32. The third-order valence-corrected chi connectivity index (χ3v) is 1.84. The van der Waals surface area contributed by atoms with Gasteiger partial charge < -0.3 is 25.8 Å². The summed E-state index contributed by atoms with van der Waals surface area (Å²) in [5.41, 5.74) is 5.75. The molecule has 7 nitrogen and oxygen atoms in total. The zero-order chi connectivity index (χ0) is 12.8. The van der Waals surface area contributed by atoms with Crippen molar-refractivity contribution in [1.29, 1.82) is 0 Å². The first-order valence-corrected chi connectivity index (χ1v) is 4.76. The van der Waals surface area contributed by atoms with Crippen LogP contribution in [0.2, 0.25) is 0 Å². The first-order valence-electron chi connectivity index (χ1n) is 4.76. The maximum Gasteiger partial charge on any atom is 0.412 e. The predicted octanol–water partition coefficient (Wildman–Crippen LogP) is 1.13. The number of para-hydroxylation sites is 1. The minimum Gasteiger partial charge on any atom is -0.408 e. The van der Waals surface area contributed by atoms with Crippen molar-refractivity contribution >= 4 is 30.3 Å². The third-order valence-electron chi connectivity index (χ3n) is 1.84. The normalized spacial score (nSPS) is 8.78. The Hall–Kier alpha value is -2.15. The first-order chi connectivity index (χ1) is 8.08. The molecule has 8 heteroatoms. The van der Waals surface area contributed by atoms with Gasteiger partial charge in [0.25, 0.3) is 0 Å². The van der Waals surface area contributed by atoms with E-state index in [9.17, 15) is 9.59 Å². The Balaban J connectivity index is 0.00000289. The van der Waals surface area contributed by atoms with Gasteiger partial charge >= 0.3 is 12.2 Å². The van der Waals surface area contributed by atoms with E-state index in [1.165, 1.54) is 26.2 Å². The Kier molecular flexibility index (Phi) is 6.37. The van der Waals surface area contributed by atoms with E-state index in [1.807, 2.05) is 0 Å². The van der Waals surface area contributed by atoms with E-state index in [0.717, 1.165) is 0 Å². The van der Waals surface area contributed by atoms with E-state index < -0.39 is 12.2 Å². The molecule has 0 radical (unpaired) electrons. The average Bonchev–Trinajstić information content (AvgIpc) is 2.33. The second kappa shape index (κ2) is 7.23. The monoisotopic (exact) mass is 275 g/mol. The van der Waals surface area contributed by atoms with Crippen LogP contribution >= 0.6 is 12.4 Å². The number of anilines is 1. The maximum absolute atomic E-state index is 11.0. The van der Waals surface area contributed by atoms with Gasteiger partial charge in [0.1, 0.15) is 5.69 Å². The molecule has 0 aliphatic carbocycles. The molecule has 0 atom stereocenters. The molecule has 0 unspecified atom stereocenters. The van der Waals surface area contributed by atoms with Crippen molar-refractivity contribution in [2.24, 2.45) is 0 Å². The number of ether oxygens (including phenoxy) is 2. The van der Waals surface area contributed by atoms with E-state index in [0.29, 0.717) is 0 Å². The molecule has 0 aromatic heterocycles. The van der Waals surface area contributed by atoms with Crippen molar-refractivity contribution in [1.82, 2.24) is 10.6 Å². The maximum atomic E-state index is 11.0. The molecule has 0 aliphatic rings. The van der Waals surface area contributed by atoms with Gasteiger partial charge in [-0.25, -0.2) is 9.59 Å². The summed E-state index contributed by atoms with van der Waals surface area (Å²) in [7, 11) is 2.84. The van der Waals surface area contributed by atoms with Crippen LogP contribution in [0.3, 0.4) is 0 Å². The lowest BCUT2D eigenvalue weighted by atomic mass is 10.3. The lowest BCUT2D eigenvalue weighted by Gasteiger charge is -2.10. The van der Waals surface area contributed by atoms with Crippen LogP contribution in [0.25, 0.3) is 0 Å². The summed E-state index contributed by atoms with van der Waals surface area (Å²) in [6.45, 7) is 0. The highest BCUT2D eigenvalue weighted by Gasteiger charge is 2.12. The fourth-order valence-corrected chi connectivity index (χ4v) is 1.00. The van der Waals surface area contributed by atoms with Gasteiger partial charge in [-0.15, -0.1) is 12.4 Å². The second-order valence-electron chi connectivity index (χ2n) is 2.95. The van der Waals surface area contributed by atoms with Crippen LogP contribution in [0, 0.1) is 0 Å². The number of halogens is 1. The number of benzene rings is 1. The molecule has 1 aromatic rings. The van der Waals surface area contributed by atoms with Crippen LogP contribution < -0.4 is 25.8 Å². The molecule has 0 saturated heterocycles. The zero-order valence-corrected chi connectivity index (χ0v) is 10.7. The van der Waals surface area contributed by atoms with Crippen molar-refractivity contribution < 1.29 is 19.1 Å². The number of hydrogen-bond donors (Lipinski definition) is 3. The molecule has 100 valence electrons. The van der Waals surface area contributed by atoms with E-state index in [1.54, 1.807) is 6.07 Å². The Morgan fingerprint density at radius 3 is 1.78 bits per heavy atom. The van der Waals surface area contributed by atoms with Crippen LogP contribution in [0.5, 0.6) is 11.5 Å². The number of nitrogen functional groups attached to an aromatic ring is 1. The minimum absolute atomic E-state index is 0. The molecular weight excluding hydrogens is 262 g/mol. The van der Waals surface area contributed by atoms with Gasteiger partial charge in [0, 0.05) is 14.1 Å². The van der Waals surface area contributed by atoms with E-state index in [-0.39, 0.29) is 29.6 Å². The number of carbonyl (C=O) groups excluding carboxylic acids is 2. The summed E-state index contributed by atoms with van der Waals surface area (Å²) in [4.78, 5) is 22.0. The minimum atomic E-state index is -0.659. The largest absolute Gasteiger partial charge is 0.412 e. The predicted molar refractivity (Wildman–Crippen MR) is 68.3 cm³/mol. The Bertz CT molecular complexity index is 403. The van der Waals surface area contributed by atoms with Crippen molar-refractivity contribution in [3.05, 3.63) is 18.2 Å². The van der Waals surface area contributed by atoms with Crippen LogP contribution in [-0.2, 0) is 0 Å². The van der Waals surface area contributed by atoms with Gasteiger partial charge in [-0.1, -0.05) is 6.07 Å². The molecule has 4 N–H and O–H groups in total. The second-order valence-corrected chi connectivity index (χ2v) is 2.95. The highest BCUT2D eigenvalue weighted by atomic mass is 35.5. The fourth-order valence-electron chi connectivity index (χ4n) is 1.00. The van der Waals surface area contributed by atoms with Gasteiger partial charge in [0.05, 0.1) is 0 Å². The zero-order valence-electron chi connectivity index (χ0n) is 9.85. The quantitative estimate of drug-likeness (QED) is 0.702. The average molecular weight is 276 g/mol. The van der Waals surface area contributed by atoms with Crippen LogP contribution in [0.1, 0.15) is 0 Å². The molecule has 0 saturated carbocycles. The lowest BCUT2D eigenvalue weighted by molar-refractivity contribution is 0.202. The van der Waals surface area contributed by atoms with Crippen molar-refractivity contribution in [2.75, 3.05) is 19.8 Å². The van der Waals surface area contributed by atoms with Crippen molar-refractivity contribution in [3.8, 4) is 11.5 Å². The number of nitrogens with one attached hydrogen (secondary N) is 2. The van der Waals surface area contributed by atoms with Crippen LogP contribution in [0.15, 0.2) is 18.2 Å². The number of rotatable bonds is 2. The lowest BCUT2D eigenvalue weighted by Crippen LogP contribution is -2.24. The number of amides is 2. The summed E-state index contributed by atoms with van der Waals surface area (Å²) in [5, 5.41) is 4.55. The molecule has 0 bridgehead atoms. The highest BCUT2D eigenvalue weighted by molar-refractivity contribution is 5.85. The Morgan fingerprint density at radius 2 is 1.44 bits per heavy atom. The summed E-state index contributed by atoms with van der Waals surface area (Å²) < 4.78 is 9.73. The number of hydrogen-bond acceptors (Lipinski definition) is 5. The molecule has 1 rings (SSSR count). The van der Waals surface area contributed by atoms with Gasteiger partial charge in [0.15, 0.2) is 11.5 Å². The van der Waals surface area contributed by atoms with Crippen molar-refractivity contribution in [3.63, 3.8) is 0 Å². The molecular formula is C10H14ClN3O4. The summed E-state index contributed by atoms with van der Waals surface area (Å²) in [6, 6.07) is 4.52. The van der Waals surface area contributed by atoms with Gasteiger partial charge in [-0.05, 0) is 12.1 Å². The van der Waals surface area contributed by atoms with Crippen LogP contribution in [-0.4, -0.2) is 26.3 Å². The van der Waals surface area contributed by atoms with Gasteiger partial charge in [-0.3, -0.25) is 0 Å². The van der Waals surface area contributed by atoms with E-state index >= 15 is 0 Å². The standard InChI is InChI=1S/C10H13N3O4.ClH/c1-12-9(14)16-6-4-3-5-7(8(6)11)17-10(15)13-2;/h3-5H,11H2,1-2H3,(H,12,14)(H,13,15);1H. The van der Waals surface area contributed by atoms with Gasteiger partial charge in [0.2, 0.25) is 0 Å². The molecule has 0 spiro atoms. The molecule has 18 heavy (non-hydrogen) atoms. The molecule has 0 fully saturated rings. The molecule has 1 aromatic carbocycles. The number of nitrogens with two attached hydrogens (primary N) is 1. The number of carbonyl (C=O) groups is 2. The Labute approximate surface area is 110 Å². The first kappa shape index (κ1) is 15.9. The van der Waals surface area contributed by atoms with Crippen molar-refractivity contribution in [2.45, 2.75) is 0 Å². The summed E-state index contributed by atoms with van der Waals surface area (Å²) in [5.74, 6) is 0.233. The smallest absolute Gasteiger partial charge is 0.408 e. The van der Waals surface area contributed by atoms with Gasteiger partial charge in [-0.2, -0.15) is 0 Å². The molecule has 0 aliphatic heterocycles.